The molecule has 3 aromatic rings. The summed E-state index contributed by atoms with van der Waals surface area (Å²) in [6, 6.07) is 16.1. The van der Waals surface area contributed by atoms with E-state index in [0.717, 1.165) is 32.1 Å². The number of nitrogens with one attached hydrogen (secondary N) is 1. The third-order valence-electron chi connectivity index (χ3n) is 7.39. The number of ether oxygens (including phenoxy) is 2. The first-order valence-electron chi connectivity index (χ1n) is 13.1. The first-order valence-corrected chi connectivity index (χ1v) is 13.1. The fourth-order valence-corrected chi connectivity index (χ4v) is 5.45. The Hall–Kier alpha value is -4.46. The zero-order valence-electron chi connectivity index (χ0n) is 22.0. The van der Waals surface area contributed by atoms with Gasteiger partial charge in [0.15, 0.2) is 11.5 Å². The van der Waals surface area contributed by atoms with Crippen molar-refractivity contribution in [2.75, 3.05) is 19.1 Å². The predicted molar refractivity (Wildman–Crippen MR) is 149 cm³/mol. The number of anilines is 1. The lowest BCUT2D eigenvalue weighted by atomic mass is 9.86. The molecule has 1 aliphatic heterocycles. The average Bonchev–Trinajstić information content (AvgIpc) is 2.96. The molecular formula is C31H32N2O6. The van der Waals surface area contributed by atoms with Crippen molar-refractivity contribution in [1.29, 1.82) is 0 Å². The lowest BCUT2D eigenvalue weighted by molar-refractivity contribution is -0.126. The first kappa shape index (κ1) is 26.2. The van der Waals surface area contributed by atoms with Crippen LogP contribution in [-0.4, -0.2) is 42.3 Å². The normalized spacial score (nSPS) is 18.5. The van der Waals surface area contributed by atoms with Crippen LogP contribution in [0.15, 0.2) is 60.7 Å². The molecule has 3 aromatic carbocycles. The number of phenolic OH excluding ortho intramolecular Hbond substituents is 2. The van der Waals surface area contributed by atoms with E-state index in [1.807, 2.05) is 24.3 Å². The van der Waals surface area contributed by atoms with E-state index in [9.17, 15) is 19.8 Å². The molecule has 3 N–H and O–H groups in total. The first-order chi connectivity index (χ1) is 18.9. The van der Waals surface area contributed by atoms with Gasteiger partial charge >= 0.3 is 0 Å². The fraction of sp³-hybridized carbons (Fsp3) is 0.290. The van der Waals surface area contributed by atoms with Gasteiger partial charge in [-0.15, -0.1) is 0 Å². The van der Waals surface area contributed by atoms with Gasteiger partial charge in [-0.1, -0.05) is 43.5 Å². The Morgan fingerprint density at radius 1 is 0.949 bits per heavy atom. The summed E-state index contributed by atoms with van der Waals surface area (Å²) in [6.07, 6.45) is 6.84. The van der Waals surface area contributed by atoms with Gasteiger partial charge in [0.1, 0.15) is 11.8 Å². The molecule has 1 saturated carbocycles. The third kappa shape index (κ3) is 5.14. The minimum absolute atomic E-state index is 0.0610. The Morgan fingerprint density at radius 3 is 2.23 bits per heavy atom. The number of benzene rings is 3. The van der Waals surface area contributed by atoms with Gasteiger partial charge in [-0.2, -0.15) is 0 Å². The lowest BCUT2D eigenvalue weighted by Gasteiger charge is -2.38. The summed E-state index contributed by atoms with van der Waals surface area (Å²) in [4.78, 5) is 29.6. The fourth-order valence-electron chi connectivity index (χ4n) is 5.45. The van der Waals surface area contributed by atoms with Crippen LogP contribution in [0.4, 0.5) is 5.69 Å². The number of carbonyl (C=O) groups excluding carboxylic acids is 2. The van der Waals surface area contributed by atoms with Crippen LogP contribution in [-0.2, 0) is 9.59 Å². The molecule has 1 aliphatic carbocycles. The van der Waals surface area contributed by atoms with E-state index < -0.39 is 6.04 Å². The molecule has 1 atom stereocenters. The minimum atomic E-state index is -0.888. The molecule has 2 amide bonds. The molecule has 0 spiro atoms. The van der Waals surface area contributed by atoms with Gasteiger partial charge in [0.05, 0.1) is 14.2 Å². The Kier molecular flexibility index (Phi) is 7.45. The van der Waals surface area contributed by atoms with E-state index in [-0.39, 0.29) is 40.9 Å². The molecule has 8 heteroatoms. The summed E-state index contributed by atoms with van der Waals surface area (Å²) in [5.41, 5.74) is 2.78. The molecule has 0 bridgehead atoms. The number of methoxy groups -OCH3 is 2. The zero-order chi connectivity index (χ0) is 27.5. The van der Waals surface area contributed by atoms with Gasteiger partial charge in [-0.3, -0.25) is 14.5 Å². The monoisotopic (exact) mass is 528 g/mol. The van der Waals surface area contributed by atoms with E-state index >= 15 is 0 Å². The van der Waals surface area contributed by atoms with E-state index in [1.54, 1.807) is 30.3 Å². The smallest absolute Gasteiger partial charge is 0.259 e. The maximum absolute atomic E-state index is 14.3. The molecule has 5 rings (SSSR count). The van der Waals surface area contributed by atoms with Gasteiger partial charge in [0.25, 0.3) is 5.91 Å². The molecule has 0 radical (unpaired) electrons. The molecule has 1 heterocycles. The van der Waals surface area contributed by atoms with Crippen molar-refractivity contribution in [1.82, 2.24) is 5.32 Å². The second-order valence-electron chi connectivity index (χ2n) is 9.86. The van der Waals surface area contributed by atoms with Crippen LogP contribution in [0.25, 0.3) is 11.6 Å². The molecule has 2 aliphatic rings. The van der Waals surface area contributed by atoms with Crippen LogP contribution in [0.3, 0.4) is 0 Å². The average molecular weight is 529 g/mol. The maximum atomic E-state index is 14.3. The number of amides is 2. The maximum Gasteiger partial charge on any atom is 0.259 e. The Bertz CT molecular complexity index is 1380. The highest BCUT2D eigenvalue weighted by molar-refractivity contribution is 6.33. The van der Waals surface area contributed by atoms with Crippen LogP contribution in [0.1, 0.15) is 54.8 Å². The summed E-state index contributed by atoms with van der Waals surface area (Å²) in [6.45, 7) is 0. The molecule has 0 aromatic heterocycles. The quantitative estimate of drug-likeness (QED) is 0.380. The van der Waals surface area contributed by atoms with Gasteiger partial charge in [-0.25, -0.2) is 0 Å². The van der Waals surface area contributed by atoms with E-state index in [0.29, 0.717) is 28.0 Å². The number of carbonyl (C=O) groups is 2. The van der Waals surface area contributed by atoms with Crippen molar-refractivity contribution < 1.29 is 29.3 Å². The van der Waals surface area contributed by atoms with Crippen molar-refractivity contribution in [2.24, 2.45) is 0 Å². The second-order valence-corrected chi connectivity index (χ2v) is 9.86. The van der Waals surface area contributed by atoms with Crippen LogP contribution in [0, 0.1) is 0 Å². The van der Waals surface area contributed by atoms with Gasteiger partial charge in [-0.05, 0) is 72.0 Å². The molecule has 8 nitrogen and oxygen atoms in total. The number of rotatable bonds is 6. The van der Waals surface area contributed by atoms with E-state index in [1.165, 1.54) is 31.3 Å². The number of aromatic hydroxyl groups is 2. The van der Waals surface area contributed by atoms with Gasteiger partial charge < -0.3 is 25.0 Å². The molecule has 39 heavy (non-hydrogen) atoms. The second kappa shape index (κ2) is 11.1. The summed E-state index contributed by atoms with van der Waals surface area (Å²) >= 11 is 0. The Balaban J connectivity index is 1.65. The Labute approximate surface area is 227 Å². The van der Waals surface area contributed by atoms with Crippen LogP contribution >= 0.6 is 0 Å². The molecule has 0 saturated heterocycles. The van der Waals surface area contributed by atoms with E-state index in [2.05, 4.69) is 5.32 Å². The number of hydrogen-bond acceptors (Lipinski definition) is 6. The summed E-state index contributed by atoms with van der Waals surface area (Å²) < 4.78 is 10.6. The molecule has 1 fully saturated rings. The van der Waals surface area contributed by atoms with Crippen molar-refractivity contribution >= 4 is 29.2 Å². The molecular weight excluding hydrogens is 496 g/mol. The lowest BCUT2D eigenvalue weighted by Crippen LogP contribution is -2.49. The highest BCUT2D eigenvalue weighted by atomic mass is 16.5. The van der Waals surface area contributed by atoms with Gasteiger partial charge in [0, 0.05) is 17.3 Å². The SMILES string of the molecule is COc1cc(/C=C2/C(=O)N(c3ccc(O)cc3)C(C(=O)NC3CCCCC3)c3ccccc32)cc(OC)c1O. The number of hydrogen-bond donors (Lipinski definition) is 3. The molecule has 202 valence electrons. The molecule has 1 unspecified atom stereocenters. The van der Waals surface area contributed by atoms with Crippen LogP contribution in [0.5, 0.6) is 23.0 Å². The van der Waals surface area contributed by atoms with Crippen LogP contribution in [0.2, 0.25) is 0 Å². The van der Waals surface area contributed by atoms with Crippen LogP contribution < -0.4 is 19.7 Å². The van der Waals surface area contributed by atoms with Crippen molar-refractivity contribution in [3.8, 4) is 23.0 Å². The number of phenols is 2. The predicted octanol–water partition coefficient (Wildman–Crippen LogP) is 5.19. The van der Waals surface area contributed by atoms with Crippen molar-refractivity contribution in [3.63, 3.8) is 0 Å². The highest BCUT2D eigenvalue weighted by Gasteiger charge is 2.41. The summed E-state index contributed by atoms with van der Waals surface area (Å²) in [7, 11) is 2.88. The summed E-state index contributed by atoms with van der Waals surface area (Å²) in [5.74, 6) is -0.263. The van der Waals surface area contributed by atoms with Gasteiger partial charge in [0.2, 0.25) is 11.7 Å². The van der Waals surface area contributed by atoms with E-state index in [4.69, 9.17) is 9.47 Å². The largest absolute Gasteiger partial charge is 0.508 e. The van der Waals surface area contributed by atoms with Crippen molar-refractivity contribution in [3.05, 3.63) is 77.4 Å². The topological polar surface area (TPSA) is 108 Å². The number of fused-ring (bicyclic) bond motifs is 1. The standard InChI is InChI=1S/C31H32N2O6/c1-38-26-17-19(18-27(39-2)29(26)35)16-25-23-10-6-7-11-24(23)28(30(36)32-20-8-4-3-5-9-20)33(31(25)37)21-12-14-22(34)15-13-21/h6-7,10-18,20,28,34-35H,3-5,8-9H2,1-2H3,(H,32,36)/b25-16+. The third-order valence-corrected chi connectivity index (χ3v) is 7.39. The summed E-state index contributed by atoms with van der Waals surface area (Å²) in [5, 5.41) is 23.5. The number of nitrogens with zero attached hydrogens (tertiary/aromatic N) is 1. The highest BCUT2D eigenvalue weighted by Crippen LogP contribution is 2.43. The Morgan fingerprint density at radius 2 is 1.59 bits per heavy atom. The van der Waals surface area contributed by atoms with Crippen molar-refractivity contribution in [2.45, 2.75) is 44.2 Å². The minimum Gasteiger partial charge on any atom is -0.508 e. The zero-order valence-corrected chi connectivity index (χ0v) is 22.0.